The van der Waals surface area contributed by atoms with Gasteiger partial charge in [0.25, 0.3) is 5.69 Å². The number of carbonyl (C=O) groups is 2. The van der Waals surface area contributed by atoms with Crippen molar-refractivity contribution >= 4 is 33.2 Å². The number of nitrogens with zero attached hydrogens (tertiary/aromatic N) is 3. The van der Waals surface area contributed by atoms with Crippen molar-refractivity contribution in [1.82, 2.24) is 10.2 Å². The quantitative estimate of drug-likeness (QED) is 0.217. The van der Waals surface area contributed by atoms with Gasteiger partial charge in [-0.2, -0.15) is 0 Å². The van der Waals surface area contributed by atoms with Crippen LogP contribution in [0.2, 0.25) is 0 Å². The molecule has 0 aromatic heterocycles. The molecule has 11 nitrogen and oxygen atoms in total. The Morgan fingerprint density at radius 3 is 2.45 bits per heavy atom. The molecular weight excluding hydrogens is 512 g/mol. The number of non-ortho nitro benzene ring substituents is 1. The lowest BCUT2D eigenvalue weighted by molar-refractivity contribution is -0.384. The number of anilines is 1. The molecule has 2 amide bonds. The molecule has 0 radical (unpaired) electrons. The molecule has 2 rings (SSSR count). The Labute approximate surface area is 224 Å². The first kappa shape index (κ1) is 30.6. The van der Waals surface area contributed by atoms with Crippen LogP contribution in [0.5, 0.6) is 5.75 Å². The fourth-order valence-corrected chi connectivity index (χ4v) is 4.87. The molecular formula is C26H36N4O7S. The van der Waals surface area contributed by atoms with Crippen molar-refractivity contribution in [2.75, 3.05) is 30.8 Å². The number of rotatable bonds is 14. The Hall–Kier alpha value is -3.67. The molecule has 1 N–H and O–H groups in total. The SMILES string of the molecule is CCCCNC(=O)[C@@H](CC)N(Cc1cccc(OC)c1)C(=O)CN(c1cc([N+](=O)[O-])ccc1C)S(C)(=O)=O. The third kappa shape index (κ3) is 8.17. The first-order chi connectivity index (χ1) is 17.9. The number of sulfonamides is 1. The molecule has 0 heterocycles. The van der Waals surface area contributed by atoms with Crippen LogP contribution < -0.4 is 14.4 Å². The maximum atomic E-state index is 13.8. The van der Waals surface area contributed by atoms with Gasteiger partial charge in [-0.3, -0.25) is 24.0 Å². The molecule has 0 saturated heterocycles. The van der Waals surface area contributed by atoms with E-state index in [1.165, 1.54) is 24.1 Å². The van der Waals surface area contributed by atoms with Gasteiger partial charge < -0.3 is 15.0 Å². The topological polar surface area (TPSA) is 139 Å². The van der Waals surface area contributed by atoms with Crippen molar-refractivity contribution in [3.8, 4) is 5.75 Å². The van der Waals surface area contributed by atoms with Gasteiger partial charge in [-0.15, -0.1) is 0 Å². The van der Waals surface area contributed by atoms with Crippen LogP contribution in [0.3, 0.4) is 0 Å². The van der Waals surface area contributed by atoms with Crippen LogP contribution in [0.1, 0.15) is 44.2 Å². The highest BCUT2D eigenvalue weighted by molar-refractivity contribution is 7.92. The summed E-state index contributed by atoms with van der Waals surface area (Å²) in [6.07, 6.45) is 2.89. The Kier molecular flexibility index (Phi) is 11.1. The van der Waals surface area contributed by atoms with Crippen molar-refractivity contribution in [3.63, 3.8) is 0 Å². The minimum atomic E-state index is -4.02. The monoisotopic (exact) mass is 548 g/mol. The summed E-state index contributed by atoms with van der Waals surface area (Å²) in [4.78, 5) is 38.9. The predicted molar refractivity (Wildman–Crippen MR) is 146 cm³/mol. The average molecular weight is 549 g/mol. The number of hydrogen-bond acceptors (Lipinski definition) is 7. The summed E-state index contributed by atoms with van der Waals surface area (Å²) >= 11 is 0. The molecule has 0 fully saturated rings. The molecule has 0 spiro atoms. The van der Waals surface area contributed by atoms with E-state index in [-0.39, 0.29) is 23.8 Å². The number of aryl methyl sites for hydroxylation is 1. The minimum absolute atomic E-state index is 0.0248. The number of unbranched alkanes of at least 4 members (excludes halogenated alkanes) is 1. The van der Waals surface area contributed by atoms with E-state index in [2.05, 4.69) is 5.32 Å². The van der Waals surface area contributed by atoms with Crippen LogP contribution >= 0.6 is 0 Å². The van der Waals surface area contributed by atoms with E-state index in [4.69, 9.17) is 4.74 Å². The van der Waals surface area contributed by atoms with Gasteiger partial charge in [0.2, 0.25) is 21.8 Å². The van der Waals surface area contributed by atoms with Crippen LogP contribution in [-0.4, -0.2) is 62.6 Å². The Bertz CT molecular complexity index is 1250. The zero-order chi connectivity index (χ0) is 28.5. The van der Waals surface area contributed by atoms with Gasteiger partial charge in [0.15, 0.2) is 0 Å². The largest absolute Gasteiger partial charge is 0.497 e. The maximum absolute atomic E-state index is 13.8. The second kappa shape index (κ2) is 13.8. The molecule has 1 atom stereocenters. The van der Waals surface area contributed by atoms with Gasteiger partial charge in [0, 0.05) is 25.2 Å². The minimum Gasteiger partial charge on any atom is -0.497 e. The molecule has 2 aromatic carbocycles. The number of hydrogen-bond donors (Lipinski definition) is 1. The van der Waals surface area contributed by atoms with Crippen molar-refractivity contribution < 1.29 is 27.7 Å². The fourth-order valence-electron chi connectivity index (χ4n) is 3.97. The summed E-state index contributed by atoms with van der Waals surface area (Å²) in [6.45, 7) is 5.22. The van der Waals surface area contributed by atoms with Crippen LogP contribution in [0.15, 0.2) is 42.5 Å². The zero-order valence-corrected chi connectivity index (χ0v) is 23.3. The number of ether oxygens (including phenoxy) is 1. The van der Waals surface area contributed by atoms with Gasteiger partial charge in [-0.25, -0.2) is 8.42 Å². The van der Waals surface area contributed by atoms with E-state index >= 15 is 0 Å². The zero-order valence-electron chi connectivity index (χ0n) is 22.5. The molecule has 38 heavy (non-hydrogen) atoms. The molecule has 208 valence electrons. The lowest BCUT2D eigenvalue weighted by atomic mass is 10.1. The van der Waals surface area contributed by atoms with Gasteiger partial charge in [-0.05, 0) is 43.0 Å². The molecule has 0 aliphatic heterocycles. The average Bonchev–Trinajstić information content (AvgIpc) is 2.87. The standard InChI is InChI=1S/C26H36N4O7S/c1-6-8-14-27-26(32)23(7-2)28(17-20-10-9-11-22(15-20)37-4)25(31)18-29(38(5,35)36)24-16-21(30(33)34)13-12-19(24)3/h9-13,15-16,23H,6-8,14,17-18H2,1-5H3,(H,27,32)/t23-/m1/s1. The normalized spacial score (nSPS) is 11.9. The highest BCUT2D eigenvalue weighted by Crippen LogP contribution is 2.28. The molecule has 0 aliphatic carbocycles. The van der Waals surface area contributed by atoms with E-state index in [1.54, 1.807) is 38.1 Å². The third-order valence-electron chi connectivity index (χ3n) is 6.05. The first-order valence-corrected chi connectivity index (χ1v) is 14.2. The van der Waals surface area contributed by atoms with Gasteiger partial charge in [0.1, 0.15) is 18.3 Å². The van der Waals surface area contributed by atoms with Crippen LogP contribution in [0, 0.1) is 17.0 Å². The highest BCUT2D eigenvalue weighted by Gasteiger charge is 2.32. The summed E-state index contributed by atoms with van der Waals surface area (Å²) in [7, 11) is -2.51. The van der Waals surface area contributed by atoms with Crippen LogP contribution in [0.4, 0.5) is 11.4 Å². The highest BCUT2D eigenvalue weighted by atomic mass is 32.2. The van der Waals surface area contributed by atoms with Crippen LogP contribution in [-0.2, 0) is 26.2 Å². The van der Waals surface area contributed by atoms with E-state index in [1.807, 2.05) is 6.92 Å². The smallest absolute Gasteiger partial charge is 0.271 e. The summed E-state index contributed by atoms with van der Waals surface area (Å²) in [6, 6.07) is 9.99. The summed E-state index contributed by atoms with van der Waals surface area (Å²) in [5, 5.41) is 14.2. The van der Waals surface area contributed by atoms with E-state index in [0.29, 0.717) is 29.8 Å². The molecule has 0 aliphatic rings. The van der Waals surface area contributed by atoms with E-state index < -0.39 is 33.4 Å². The third-order valence-corrected chi connectivity index (χ3v) is 7.18. The summed E-state index contributed by atoms with van der Waals surface area (Å²) in [5.41, 5.74) is 0.853. The maximum Gasteiger partial charge on any atom is 0.271 e. The second-order valence-electron chi connectivity index (χ2n) is 8.94. The van der Waals surface area contributed by atoms with Crippen molar-refractivity contribution in [3.05, 3.63) is 63.7 Å². The van der Waals surface area contributed by atoms with Crippen molar-refractivity contribution in [2.45, 2.75) is 52.6 Å². The summed E-state index contributed by atoms with van der Waals surface area (Å²) in [5.74, 6) is -0.392. The Morgan fingerprint density at radius 1 is 1.16 bits per heavy atom. The van der Waals surface area contributed by atoms with Crippen molar-refractivity contribution in [1.29, 1.82) is 0 Å². The lowest BCUT2D eigenvalue weighted by Crippen LogP contribution is -2.52. The number of benzene rings is 2. The Balaban J connectivity index is 2.51. The molecule has 0 bridgehead atoms. The number of methoxy groups -OCH3 is 1. The molecule has 0 saturated carbocycles. The lowest BCUT2D eigenvalue weighted by Gasteiger charge is -2.33. The van der Waals surface area contributed by atoms with Crippen LogP contribution in [0.25, 0.3) is 0 Å². The predicted octanol–water partition coefficient (Wildman–Crippen LogP) is 3.40. The number of nitro groups is 1. The van der Waals surface area contributed by atoms with E-state index in [9.17, 15) is 28.1 Å². The number of nitro benzene ring substituents is 1. The van der Waals surface area contributed by atoms with Gasteiger partial charge in [-0.1, -0.05) is 38.5 Å². The van der Waals surface area contributed by atoms with Gasteiger partial charge >= 0.3 is 0 Å². The van der Waals surface area contributed by atoms with Crippen molar-refractivity contribution in [2.24, 2.45) is 0 Å². The molecule has 12 heteroatoms. The van der Waals surface area contributed by atoms with Gasteiger partial charge in [0.05, 0.1) is 24.0 Å². The van der Waals surface area contributed by atoms with E-state index in [0.717, 1.165) is 29.5 Å². The fraction of sp³-hybridized carbons (Fsp3) is 0.462. The first-order valence-electron chi connectivity index (χ1n) is 12.4. The number of nitrogens with one attached hydrogen (secondary N) is 1. The number of carbonyl (C=O) groups excluding carboxylic acids is 2. The molecule has 0 unspecified atom stereocenters. The second-order valence-corrected chi connectivity index (χ2v) is 10.8. The number of amides is 2. The summed E-state index contributed by atoms with van der Waals surface area (Å²) < 4.78 is 31.7. The molecule has 2 aromatic rings. The Morgan fingerprint density at radius 2 is 1.87 bits per heavy atom.